The van der Waals surface area contributed by atoms with Crippen LogP contribution in [-0.2, 0) is 16.0 Å². The van der Waals surface area contributed by atoms with Crippen molar-refractivity contribution in [3.8, 4) is 0 Å². The van der Waals surface area contributed by atoms with Crippen molar-refractivity contribution in [3.05, 3.63) is 29.8 Å². The van der Waals surface area contributed by atoms with Crippen LogP contribution in [0, 0.1) is 0 Å². The minimum atomic E-state index is -0.217. The first-order valence-electron chi connectivity index (χ1n) is 6.45. The number of amides is 2. The van der Waals surface area contributed by atoms with Crippen LogP contribution in [-0.4, -0.2) is 32.0 Å². The Kier molecular flexibility index (Phi) is 9.41. The zero-order valence-corrected chi connectivity index (χ0v) is 12.7. The van der Waals surface area contributed by atoms with E-state index >= 15 is 0 Å². The molecule has 0 aromatic heterocycles. The van der Waals surface area contributed by atoms with Crippen molar-refractivity contribution < 1.29 is 9.59 Å². The normalized spacial score (nSPS) is 9.50. The number of halogens is 1. The third kappa shape index (κ3) is 7.11. The van der Waals surface area contributed by atoms with Gasteiger partial charge in [0.1, 0.15) is 0 Å². The largest absolute Gasteiger partial charge is 0.347 e. The highest BCUT2D eigenvalue weighted by molar-refractivity contribution is 5.94. The van der Waals surface area contributed by atoms with Crippen LogP contribution in [0.4, 0.5) is 5.69 Å². The third-order valence-corrected chi connectivity index (χ3v) is 2.67. The lowest BCUT2D eigenvalue weighted by atomic mass is 10.1. The third-order valence-electron chi connectivity index (χ3n) is 2.67. The predicted octanol–water partition coefficient (Wildman–Crippen LogP) is 1.33. The summed E-state index contributed by atoms with van der Waals surface area (Å²) < 4.78 is 0. The number of nitrogens with one attached hydrogen (secondary N) is 3. The molecule has 0 spiro atoms. The maximum Gasteiger partial charge on any atom is 0.243 e. The van der Waals surface area contributed by atoms with Crippen molar-refractivity contribution in [2.45, 2.75) is 19.8 Å². The summed E-state index contributed by atoms with van der Waals surface area (Å²) >= 11 is 0. The number of rotatable bonds is 7. The van der Waals surface area contributed by atoms with E-state index in [0.29, 0.717) is 13.0 Å². The molecule has 6 heteroatoms. The molecule has 0 atom stereocenters. The molecule has 20 heavy (non-hydrogen) atoms. The van der Waals surface area contributed by atoms with Crippen LogP contribution >= 0.6 is 12.4 Å². The Balaban J connectivity index is 0.00000361. The lowest BCUT2D eigenvalue weighted by Gasteiger charge is -2.08. The van der Waals surface area contributed by atoms with E-state index in [0.717, 1.165) is 17.7 Å². The number of carbonyl (C=O) groups excluding carboxylic acids is 2. The summed E-state index contributed by atoms with van der Waals surface area (Å²) in [7, 11) is 1.78. The molecule has 2 amide bonds. The highest BCUT2D eigenvalue weighted by Crippen LogP contribution is 2.10. The van der Waals surface area contributed by atoms with E-state index in [9.17, 15) is 9.59 Å². The molecule has 0 radical (unpaired) electrons. The fourth-order valence-electron chi connectivity index (χ4n) is 1.58. The van der Waals surface area contributed by atoms with Crippen molar-refractivity contribution in [1.29, 1.82) is 0 Å². The van der Waals surface area contributed by atoms with Crippen LogP contribution in [0.3, 0.4) is 0 Å². The van der Waals surface area contributed by atoms with Crippen molar-refractivity contribution in [1.82, 2.24) is 10.6 Å². The van der Waals surface area contributed by atoms with Crippen LogP contribution in [0.5, 0.6) is 0 Å². The summed E-state index contributed by atoms with van der Waals surface area (Å²) in [6.07, 6.45) is 1.29. The number of hydrogen-bond acceptors (Lipinski definition) is 3. The minimum absolute atomic E-state index is 0. The Morgan fingerprint density at radius 2 is 1.95 bits per heavy atom. The Morgan fingerprint density at radius 1 is 1.20 bits per heavy atom. The van der Waals surface area contributed by atoms with Gasteiger partial charge in [0.05, 0.1) is 6.54 Å². The van der Waals surface area contributed by atoms with Gasteiger partial charge >= 0.3 is 0 Å². The smallest absolute Gasteiger partial charge is 0.243 e. The van der Waals surface area contributed by atoms with Crippen LogP contribution < -0.4 is 16.0 Å². The standard InChI is InChI=1S/C14H21N3O2.ClH/c1-3-11-5-4-6-12(9-11)17-14(19)10-16-13(18)7-8-15-2;/h4-6,9,15H,3,7-8,10H2,1-2H3,(H,16,18)(H,17,19);1H. The van der Waals surface area contributed by atoms with Gasteiger partial charge in [0.2, 0.25) is 11.8 Å². The number of hydrogen-bond donors (Lipinski definition) is 3. The second-order valence-corrected chi connectivity index (χ2v) is 4.23. The molecule has 5 nitrogen and oxygen atoms in total. The molecular formula is C14H22ClN3O2. The summed E-state index contributed by atoms with van der Waals surface area (Å²) in [6.45, 7) is 2.66. The molecule has 1 aromatic rings. The Bertz CT molecular complexity index is 438. The maximum atomic E-state index is 11.6. The van der Waals surface area contributed by atoms with Gasteiger partial charge in [0, 0.05) is 18.7 Å². The fraction of sp³-hybridized carbons (Fsp3) is 0.429. The minimum Gasteiger partial charge on any atom is -0.347 e. The number of aryl methyl sites for hydroxylation is 1. The van der Waals surface area contributed by atoms with Gasteiger partial charge in [0.25, 0.3) is 0 Å². The van der Waals surface area contributed by atoms with Gasteiger partial charge in [0.15, 0.2) is 0 Å². The van der Waals surface area contributed by atoms with Crippen molar-refractivity contribution in [2.75, 3.05) is 25.5 Å². The second-order valence-electron chi connectivity index (χ2n) is 4.23. The molecule has 0 heterocycles. The number of benzene rings is 1. The summed E-state index contributed by atoms with van der Waals surface area (Å²) in [5, 5.41) is 8.21. The summed E-state index contributed by atoms with van der Waals surface area (Å²) in [4.78, 5) is 23.0. The molecule has 0 unspecified atom stereocenters. The van der Waals surface area contributed by atoms with Crippen LogP contribution in [0.25, 0.3) is 0 Å². The summed E-state index contributed by atoms with van der Waals surface area (Å²) in [5.74, 6) is -0.349. The van der Waals surface area contributed by atoms with Crippen LogP contribution in [0.1, 0.15) is 18.9 Å². The summed E-state index contributed by atoms with van der Waals surface area (Å²) in [5.41, 5.74) is 1.92. The van der Waals surface area contributed by atoms with Crippen molar-refractivity contribution >= 4 is 29.9 Å². The molecular weight excluding hydrogens is 278 g/mol. The molecule has 112 valence electrons. The first kappa shape index (κ1) is 18.4. The lowest BCUT2D eigenvalue weighted by molar-refractivity contribution is -0.124. The van der Waals surface area contributed by atoms with Crippen molar-refractivity contribution in [2.24, 2.45) is 0 Å². The van der Waals surface area contributed by atoms with Gasteiger partial charge in [-0.3, -0.25) is 9.59 Å². The van der Waals surface area contributed by atoms with Gasteiger partial charge in [-0.25, -0.2) is 0 Å². The Morgan fingerprint density at radius 3 is 2.60 bits per heavy atom. The quantitative estimate of drug-likeness (QED) is 0.711. The number of anilines is 1. The first-order valence-corrected chi connectivity index (χ1v) is 6.45. The number of carbonyl (C=O) groups is 2. The fourth-order valence-corrected chi connectivity index (χ4v) is 1.58. The monoisotopic (exact) mass is 299 g/mol. The van der Waals surface area contributed by atoms with E-state index in [-0.39, 0.29) is 30.8 Å². The molecule has 0 aliphatic rings. The van der Waals surface area contributed by atoms with E-state index in [1.165, 1.54) is 0 Å². The second kappa shape index (κ2) is 10.2. The average molecular weight is 300 g/mol. The summed E-state index contributed by atoms with van der Waals surface area (Å²) in [6, 6.07) is 7.68. The Hall–Kier alpha value is -1.59. The molecule has 0 aliphatic heterocycles. The molecule has 3 N–H and O–H groups in total. The SMILES string of the molecule is CCc1cccc(NC(=O)CNC(=O)CCNC)c1.Cl. The molecule has 0 saturated heterocycles. The zero-order chi connectivity index (χ0) is 14.1. The van der Waals surface area contributed by atoms with Crippen LogP contribution in [0.2, 0.25) is 0 Å². The topological polar surface area (TPSA) is 70.2 Å². The zero-order valence-electron chi connectivity index (χ0n) is 11.9. The predicted molar refractivity (Wildman–Crippen MR) is 83.3 cm³/mol. The molecule has 0 saturated carbocycles. The molecule has 0 aliphatic carbocycles. The van der Waals surface area contributed by atoms with E-state index in [2.05, 4.69) is 22.9 Å². The van der Waals surface area contributed by atoms with Gasteiger partial charge in [-0.2, -0.15) is 0 Å². The Labute approximate surface area is 125 Å². The lowest BCUT2D eigenvalue weighted by Crippen LogP contribution is -2.34. The van der Waals surface area contributed by atoms with E-state index in [1.54, 1.807) is 7.05 Å². The molecule has 1 aromatic carbocycles. The van der Waals surface area contributed by atoms with Crippen molar-refractivity contribution in [3.63, 3.8) is 0 Å². The van der Waals surface area contributed by atoms with Crippen LogP contribution in [0.15, 0.2) is 24.3 Å². The van der Waals surface area contributed by atoms with E-state index in [4.69, 9.17) is 0 Å². The first-order chi connectivity index (χ1) is 9.15. The van der Waals surface area contributed by atoms with E-state index < -0.39 is 0 Å². The average Bonchev–Trinajstić information content (AvgIpc) is 2.43. The van der Waals surface area contributed by atoms with Gasteiger partial charge in [-0.05, 0) is 31.2 Å². The maximum absolute atomic E-state index is 11.6. The molecule has 0 fully saturated rings. The van der Waals surface area contributed by atoms with Gasteiger partial charge < -0.3 is 16.0 Å². The molecule has 1 rings (SSSR count). The van der Waals surface area contributed by atoms with E-state index in [1.807, 2.05) is 24.3 Å². The highest BCUT2D eigenvalue weighted by Gasteiger charge is 2.05. The highest BCUT2D eigenvalue weighted by atomic mass is 35.5. The van der Waals surface area contributed by atoms with Gasteiger partial charge in [-0.1, -0.05) is 19.1 Å². The molecule has 0 bridgehead atoms. The van der Waals surface area contributed by atoms with Gasteiger partial charge in [-0.15, -0.1) is 12.4 Å².